The van der Waals surface area contributed by atoms with Crippen LogP contribution in [0.4, 0.5) is 20.2 Å². The monoisotopic (exact) mass is 366 g/mol. The zero-order chi connectivity index (χ0) is 18.1. The minimum absolute atomic E-state index is 0.110. The van der Waals surface area contributed by atoms with Gasteiger partial charge in [0.2, 0.25) is 5.91 Å². The van der Waals surface area contributed by atoms with Crippen LogP contribution >= 0.6 is 11.6 Å². The number of rotatable bonds is 4. The maximum absolute atomic E-state index is 13.3. The molecule has 0 aliphatic carbocycles. The van der Waals surface area contributed by atoms with E-state index in [1.54, 1.807) is 12.1 Å². The summed E-state index contributed by atoms with van der Waals surface area (Å²) in [7, 11) is 1.45. The molecule has 1 N–H and O–H groups in total. The summed E-state index contributed by atoms with van der Waals surface area (Å²) in [5, 5.41) is 3.01. The Morgan fingerprint density at radius 3 is 2.56 bits per heavy atom. The van der Waals surface area contributed by atoms with E-state index in [4.69, 9.17) is 16.3 Å². The second-order valence-electron chi connectivity index (χ2n) is 5.42. The SMILES string of the molecule is COc1ccc(N2C(=O)CC(Nc3ccc(F)c(F)c3)C2=O)cc1Cl. The highest BCUT2D eigenvalue weighted by atomic mass is 35.5. The van der Waals surface area contributed by atoms with Crippen LogP contribution in [0.1, 0.15) is 6.42 Å². The quantitative estimate of drug-likeness (QED) is 0.843. The summed E-state index contributed by atoms with van der Waals surface area (Å²) in [4.78, 5) is 25.8. The van der Waals surface area contributed by atoms with Gasteiger partial charge in [-0.05, 0) is 30.3 Å². The van der Waals surface area contributed by atoms with Crippen molar-refractivity contribution in [1.82, 2.24) is 0 Å². The Kier molecular flexibility index (Phi) is 4.59. The molecule has 2 aromatic carbocycles. The predicted molar refractivity (Wildman–Crippen MR) is 88.9 cm³/mol. The van der Waals surface area contributed by atoms with E-state index in [0.717, 1.165) is 17.0 Å². The Bertz CT molecular complexity index is 860. The molecule has 1 fully saturated rings. The van der Waals surface area contributed by atoms with Gasteiger partial charge in [0.25, 0.3) is 5.91 Å². The van der Waals surface area contributed by atoms with Crippen molar-refractivity contribution in [2.45, 2.75) is 12.5 Å². The Labute approximate surface area is 147 Å². The molecule has 1 aliphatic rings. The molecule has 0 bridgehead atoms. The van der Waals surface area contributed by atoms with Gasteiger partial charge in [-0.2, -0.15) is 0 Å². The molecule has 0 spiro atoms. The van der Waals surface area contributed by atoms with Crippen molar-refractivity contribution in [2.75, 3.05) is 17.3 Å². The van der Waals surface area contributed by atoms with Crippen molar-refractivity contribution >= 4 is 34.8 Å². The molecule has 2 aromatic rings. The van der Waals surface area contributed by atoms with Crippen molar-refractivity contribution in [3.05, 3.63) is 53.1 Å². The zero-order valence-corrected chi connectivity index (χ0v) is 13.8. The number of benzene rings is 2. The minimum Gasteiger partial charge on any atom is -0.495 e. The molecule has 0 radical (unpaired) electrons. The van der Waals surface area contributed by atoms with Gasteiger partial charge in [0.1, 0.15) is 11.8 Å². The lowest BCUT2D eigenvalue weighted by Crippen LogP contribution is -2.34. The zero-order valence-electron chi connectivity index (χ0n) is 13.1. The number of amides is 2. The number of carbonyl (C=O) groups excluding carboxylic acids is 2. The third kappa shape index (κ3) is 3.28. The lowest BCUT2D eigenvalue weighted by Gasteiger charge is -2.17. The highest BCUT2D eigenvalue weighted by molar-refractivity contribution is 6.33. The number of hydrogen-bond donors (Lipinski definition) is 1. The number of imide groups is 1. The molecule has 2 amide bonds. The summed E-state index contributed by atoms with van der Waals surface area (Å²) in [6.45, 7) is 0. The molecule has 130 valence electrons. The van der Waals surface area contributed by atoms with Crippen molar-refractivity contribution in [3.63, 3.8) is 0 Å². The number of ether oxygens (including phenoxy) is 1. The molecule has 5 nitrogen and oxygen atoms in total. The molecular formula is C17H13ClF2N2O3. The van der Waals surface area contributed by atoms with Crippen LogP contribution in [0.3, 0.4) is 0 Å². The summed E-state index contributed by atoms with van der Waals surface area (Å²) < 4.78 is 31.3. The molecule has 1 heterocycles. The van der Waals surface area contributed by atoms with Crippen LogP contribution in [0.2, 0.25) is 5.02 Å². The first-order valence-electron chi connectivity index (χ1n) is 7.32. The van der Waals surface area contributed by atoms with Crippen molar-refractivity contribution in [1.29, 1.82) is 0 Å². The lowest BCUT2D eigenvalue weighted by atomic mass is 10.2. The minimum atomic E-state index is -1.04. The molecule has 0 aromatic heterocycles. The van der Waals surface area contributed by atoms with Crippen LogP contribution in [0.25, 0.3) is 0 Å². The number of nitrogens with zero attached hydrogens (tertiary/aromatic N) is 1. The van der Waals surface area contributed by atoms with E-state index in [-0.39, 0.29) is 17.1 Å². The average Bonchev–Trinajstić information content (AvgIpc) is 2.85. The first-order chi connectivity index (χ1) is 11.9. The molecule has 1 aliphatic heterocycles. The smallest absolute Gasteiger partial charge is 0.256 e. The first kappa shape index (κ1) is 17.2. The standard InChI is InChI=1S/C17H13ClF2N2O3/c1-25-15-5-3-10(7-11(15)18)22-16(23)8-14(17(22)24)21-9-2-4-12(19)13(20)6-9/h2-7,14,21H,8H2,1H3. The number of nitrogens with one attached hydrogen (secondary N) is 1. The normalized spacial score (nSPS) is 17.1. The van der Waals surface area contributed by atoms with Crippen LogP contribution in [0.15, 0.2) is 36.4 Å². The van der Waals surface area contributed by atoms with Crippen LogP contribution in [0, 0.1) is 11.6 Å². The van der Waals surface area contributed by atoms with Gasteiger partial charge < -0.3 is 10.1 Å². The molecule has 0 saturated carbocycles. The van der Waals surface area contributed by atoms with Gasteiger partial charge in [0, 0.05) is 11.8 Å². The van der Waals surface area contributed by atoms with Gasteiger partial charge in [-0.25, -0.2) is 13.7 Å². The van der Waals surface area contributed by atoms with Crippen molar-refractivity contribution in [3.8, 4) is 5.75 Å². The fourth-order valence-electron chi connectivity index (χ4n) is 2.60. The van der Waals surface area contributed by atoms with E-state index < -0.39 is 29.5 Å². The Balaban J connectivity index is 1.82. The third-order valence-corrected chi connectivity index (χ3v) is 4.10. The van der Waals surface area contributed by atoms with Crippen LogP contribution in [-0.4, -0.2) is 25.0 Å². The van der Waals surface area contributed by atoms with Gasteiger partial charge >= 0.3 is 0 Å². The number of carbonyl (C=O) groups is 2. The first-order valence-corrected chi connectivity index (χ1v) is 7.70. The van der Waals surface area contributed by atoms with E-state index in [1.807, 2.05) is 0 Å². The Hall–Kier alpha value is -2.67. The average molecular weight is 367 g/mol. The Morgan fingerprint density at radius 1 is 1.16 bits per heavy atom. The maximum Gasteiger partial charge on any atom is 0.256 e. The summed E-state index contributed by atoms with van der Waals surface area (Å²) in [6, 6.07) is 6.84. The summed E-state index contributed by atoms with van der Waals surface area (Å²) >= 11 is 6.03. The van der Waals surface area contributed by atoms with E-state index in [0.29, 0.717) is 11.4 Å². The molecule has 3 rings (SSSR count). The molecular weight excluding hydrogens is 354 g/mol. The molecule has 1 atom stereocenters. The molecule has 8 heteroatoms. The van der Waals surface area contributed by atoms with Gasteiger partial charge in [-0.1, -0.05) is 11.6 Å². The molecule has 1 saturated heterocycles. The number of methoxy groups -OCH3 is 1. The van der Waals surface area contributed by atoms with E-state index in [2.05, 4.69) is 5.32 Å². The van der Waals surface area contributed by atoms with E-state index in [9.17, 15) is 18.4 Å². The highest BCUT2D eigenvalue weighted by Gasteiger charge is 2.39. The topological polar surface area (TPSA) is 58.6 Å². The second-order valence-corrected chi connectivity index (χ2v) is 5.82. The van der Waals surface area contributed by atoms with Crippen molar-refractivity contribution < 1.29 is 23.1 Å². The third-order valence-electron chi connectivity index (χ3n) is 3.80. The van der Waals surface area contributed by atoms with Crippen molar-refractivity contribution in [2.24, 2.45) is 0 Å². The van der Waals surface area contributed by atoms with Gasteiger partial charge in [0.05, 0.1) is 24.2 Å². The summed E-state index contributed by atoms with van der Waals surface area (Å²) in [6.07, 6.45) is -0.110. The van der Waals surface area contributed by atoms with E-state index in [1.165, 1.54) is 19.2 Å². The lowest BCUT2D eigenvalue weighted by molar-refractivity contribution is -0.121. The fourth-order valence-corrected chi connectivity index (χ4v) is 2.85. The van der Waals surface area contributed by atoms with E-state index >= 15 is 0 Å². The predicted octanol–water partition coefficient (Wildman–Crippen LogP) is 3.37. The number of hydrogen-bond acceptors (Lipinski definition) is 4. The summed E-state index contributed by atoms with van der Waals surface area (Å²) in [5.41, 5.74) is 0.523. The Morgan fingerprint density at radius 2 is 1.92 bits per heavy atom. The number of halogens is 3. The van der Waals surface area contributed by atoms with Crippen LogP contribution in [0.5, 0.6) is 5.75 Å². The second kappa shape index (κ2) is 6.68. The fraction of sp³-hybridized carbons (Fsp3) is 0.176. The highest BCUT2D eigenvalue weighted by Crippen LogP contribution is 2.32. The molecule has 1 unspecified atom stereocenters. The number of anilines is 2. The van der Waals surface area contributed by atoms with Gasteiger partial charge in [-0.15, -0.1) is 0 Å². The summed E-state index contributed by atoms with van der Waals surface area (Å²) in [5.74, 6) is -2.54. The van der Waals surface area contributed by atoms with Crippen LogP contribution < -0.4 is 15.0 Å². The maximum atomic E-state index is 13.3. The van der Waals surface area contributed by atoms with Gasteiger partial charge in [0.15, 0.2) is 11.6 Å². The van der Waals surface area contributed by atoms with Gasteiger partial charge in [-0.3, -0.25) is 9.59 Å². The molecule has 25 heavy (non-hydrogen) atoms. The largest absolute Gasteiger partial charge is 0.495 e. The van der Waals surface area contributed by atoms with Crippen LogP contribution in [-0.2, 0) is 9.59 Å².